The van der Waals surface area contributed by atoms with Crippen LogP contribution in [0.25, 0.3) is 22.0 Å². The molecule has 1 heterocycles. The van der Waals surface area contributed by atoms with Gasteiger partial charge in [0.15, 0.2) is 0 Å². The molecule has 5 heteroatoms. The number of esters is 1. The largest absolute Gasteiger partial charge is 0.462 e. The Morgan fingerprint density at radius 3 is 2.61 bits per heavy atom. The van der Waals surface area contributed by atoms with Gasteiger partial charge < -0.3 is 14.0 Å². The van der Waals surface area contributed by atoms with Crippen LogP contribution in [0, 0.1) is 11.3 Å². The molecule has 0 atom stereocenters. The molecule has 5 nitrogen and oxygen atoms in total. The van der Waals surface area contributed by atoms with Gasteiger partial charge in [-0.05, 0) is 42.5 Å². The van der Waals surface area contributed by atoms with Crippen LogP contribution in [-0.4, -0.2) is 23.8 Å². The first-order valence-electron chi connectivity index (χ1n) is 13.0. The highest BCUT2D eigenvalue weighted by atomic mass is 16.5. The van der Waals surface area contributed by atoms with Crippen molar-refractivity contribution in [2.75, 3.05) is 13.2 Å². The second-order valence-corrected chi connectivity index (χ2v) is 9.15. The highest BCUT2D eigenvalue weighted by Gasteiger charge is 2.28. The van der Waals surface area contributed by atoms with Crippen LogP contribution in [0.3, 0.4) is 0 Å². The number of aryl methyl sites for hydroxylation is 1. The zero-order chi connectivity index (χ0) is 26.3. The fourth-order valence-corrected chi connectivity index (χ4v) is 5.22. The number of carbonyl (C=O) groups excluding carboxylic acids is 1. The van der Waals surface area contributed by atoms with Gasteiger partial charge in [-0.1, -0.05) is 78.9 Å². The molecule has 0 unspecified atom stereocenters. The molecule has 1 aliphatic rings. The van der Waals surface area contributed by atoms with Crippen molar-refractivity contribution in [1.29, 1.82) is 5.26 Å². The molecule has 0 spiro atoms. The molecule has 0 amide bonds. The average molecular weight is 503 g/mol. The summed E-state index contributed by atoms with van der Waals surface area (Å²) in [4.78, 5) is 13.2. The van der Waals surface area contributed by atoms with Crippen LogP contribution in [0.5, 0.6) is 0 Å². The van der Waals surface area contributed by atoms with E-state index in [1.54, 1.807) is 6.92 Å². The Labute approximate surface area is 223 Å². The lowest BCUT2D eigenvalue weighted by molar-refractivity contribution is -0.136. The van der Waals surface area contributed by atoms with E-state index in [0.29, 0.717) is 19.8 Å². The lowest BCUT2D eigenvalue weighted by Gasteiger charge is -2.22. The molecule has 0 radical (unpaired) electrons. The first-order valence-corrected chi connectivity index (χ1v) is 13.0. The molecule has 38 heavy (non-hydrogen) atoms. The molecule has 0 saturated carbocycles. The topological polar surface area (TPSA) is 64.2 Å². The van der Waals surface area contributed by atoms with Gasteiger partial charge in [0.1, 0.15) is 0 Å². The van der Waals surface area contributed by atoms with E-state index in [1.807, 2.05) is 42.5 Å². The minimum atomic E-state index is -0.497. The number of carbonyl (C=O) groups is 1. The number of hydrogen-bond donors (Lipinski definition) is 0. The number of hydrogen-bond acceptors (Lipinski definition) is 4. The van der Waals surface area contributed by atoms with E-state index in [1.165, 1.54) is 11.6 Å². The summed E-state index contributed by atoms with van der Waals surface area (Å²) in [6, 6.07) is 28.6. The molecule has 190 valence electrons. The maximum absolute atomic E-state index is 13.2. The van der Waals surface area contributed by atoms with Gasteiger partial charge in [-0.3, -0.25) is 0 Å². The van der Waals surface area contributed by atoms with Crippen molar-refractivity contribution in [2.45, 2.75) is 32.9 Å². The standard InChI is InChI=1S/C33H30N2O3/c1-2-38-33(36)29(19-20-34)31-28-16-8-9-18-30(28)35(21-22-37-23-24-11-4-3-5-12-24)32(31)27-17-10-14-25-13-6-7-15-26(25)27/h3-9,11-13,15-19H,2,10,14,21-23H2,1H3/b29-19-. The average Bonchev–Trinajstić information content (AvgIpc) is 3.28. The van der Waals surface area contributed by atoms with E-state index in [2.05, 4.69) is 53.1 Å². The van der Waals surface area contributed by atoms with Crippen LogP contribution >= 0.6 is 0 Å². The third-order valence-electron chi connectivity index (χ3n) is 6.84. The van der Waals surface area contributed by atoms with Crippen LogP contribution in [0.1, 0.15) is 41.3 Å². The minimum absolute atomic E-state index is 0.231. The van der Waals surface area contributed by atoms with E-state index in [9.17, 15) is 10.1 Å². The van der Waals surface area contributed by atoms with Crippen molar-refractivity contribution in [3.63, 3.8) is 0 Å². The second kappa shape index (κ2) is 11.8. The van der Waals surface area contributed by atoms with Crippen molar-refractivity contribution in [1.82, 2.24) is 4.57 Å². The summed E-state index contributed by atoms with van der Waals surface area (Å²) >= 11 is 0. The first kappa shape index (κ1) is 25.3. The lowest BCUT2D eigenvalue weighted by Crippen LogP contribution is -2.14. The van der Waals surface area contributed by atoms with E-state index in [4.69, 9.17) is 9.47 Å². The fraction of sp³-hybridized carbons (Fsp3) is 0.212. The number of para-hydroxylation sites is 1. The molecule has 3 aromatic carbocycles. The smallest absolute Gasteiger partial charge is 0.339 e. The van der Waals surface area contributed by atoms with Crippen LogP contribution < -0.4 is 0 Å². The van der Waals surface area contributed by atoms with Crippen molar-refractivity contribution < 1.29 is 14.3 Å². The van der Waals surface area contributed by atoms with Crippen LogP contribution in [-0.2, 0) is 33.8 Å². The van der Waals surface area contributed by atoms with Crippen molar-refractivity contribution in [3.8, 4) is 6.07 Å². The van der Waals surface area contributed by atoms with Gasteiger partial charge in [0.25, 0.3) is 0 Å². The van der Waals surface area contributed by atoms with Crippen LogP contribution in [0.2, 0.25) is 0 Å². The molecular formula is C33H30N2O3. The molecular weight excluding hydrogens is 472 g/mol. The van der Waals surface area contributed by atoms with Gasteiger partial charge >= 0.3 is 5.97 Å². The van der Waals surface area contributed by atoms with Gasteiger partial charge in [0, 0.05) is 34.7 Å². The normalized spacial score (nSPS) is 13.1. The van der Waals surface area contributed by atoms with Crippen LogP contribution in [0.4, 0.5) is 0 Å². The molecule has 1 aliphatic carbocycles. The first-order chi connectivity index (χ1) is 18.7. The molecule has 4 aromatic rings. The minimum Gasteiger partial charge on any atom is -0.462 e. The summed E-state index contributed by atoms with van der Waals surface area (Å²) in [7, 11) is 0. The maximum atomic E-state index is 13.2. The molecule has 0 N–H and O–H groups in total. The van der Waals surface area contributed by atoms with Gasteiger partial charge in [-0.2, -0.15) is 5.26 Å². The van der Waals surface area contributed by atoms with Crippen molar-refractivity contribution in [3.05, 3.63) is 119 Å². The SMILES string of the molecule is CCOC(=O)/C(=C\C#N)c1c(C2=CCCc3ccccc32)n(CCOCc2ccccc2)c2ccccc12. The Morgan fingerprint density at radius 1 is 1.03 bits per heavy atom. The second-order valence-electron chi connectivity index (χ2n) is 9.15. The third-order valence-corrected chi connectivity index (χ3v) is 6.84. The van der Waals surface area contributed by atoms with E-state index < -0.39 is 5.97 Å². The predicted molar refractivity (Wildman–Crippen MR) is 150 cm³/mol. The zero-order valence-corrected chi connectivity index (χ0v) is 21.5. The fourth-order valence-electron chi connectivity index (χ4n) is 5.22. The summed E-state index contributed by atoms with van der Waals surface area (Å²) in [5, 5.41) is 10.6. The van der Waals surface area contributed by atoms with Crippen molar-refractivity contribution in [2.24, 2.45) is 0 Å². The summed E-state index contributed by atoms with van der Waals surface area (Å²) in [6.07, 6.45) is 5.42. The number of allylic oxidation sites excluding steroid dienone is 2. The number of nitriles is 1. The highest BCUT2D eigenvalue weighted by Crippen LogP contribution is 2.41. The molecule has 1 aromatic heterocycles. The number of benzene rings is 3. The van der Waals surface area contributed by atoms with Gasteiger partial charge in [-0.15, -0.1) is 0 Å². The summed E-state index contributed by atoms with van der Waals surface area (Å²) in [5.41, 5.74) is 7.50. The molecule has 0 saturated heterocycles. The van der Waals surface area contributed by atoms with Gasteiger partial charge in [0.05, 0.1) is 37.2 Å². The van der Waals surface area contributed by atoms with Crippen molar-refractivity contribution >= 4 is 28.0 Å². The Hall–Kier alpha value is -4.40. The quantitative estimate of drug-likeness (QED) is 0.110. The number of rotatable bonds is 9. The van der Waals surface area contributed by atoms with E-state index in [-0.39, 0.29) is 12.2 Å². The van der Waals surface area contributed by atoms with E-state index in [0.717, 1.165) is 51.7 Å². The Morgan fingerprint density at radius 2 is 1.79 bits per heavy atom. The van der Waals surface area contributed by atoms with E-state index >= 15 is 0 Å². The monoisotopic (exact) mass is 502 g/mol. The number of aromatic nitrogens is 1. The molecule has 5 rings (SSSR count). The zero-order valence-electron chi connectivity index (χ0n) is 21.5. The lowest BCUT2D eigenvalue weighted by atomic mass is 9.86. The maximum Gasteiger partial charge on any atom is 0.339 e. The highest BCUT2D eigenvalue weighted by molar-refractivity contribution is 6.22. The summed E-state index contributed by atoms with van der Waals surface area (Å²) in [5.74, 6) is -0.497. The Balaban J connectivity index is 1.66. The molecule has 0 fully saturated rings. The summed E-state index contributed by atoms with van der Waals surface area (Å²) < 4.78 is 13.7. The predicted octanol–water partition coefficient (Wildman–Crippen LogP) is 6.71. The third kappa shape index (κ3) is 5.04. The number of ether oxygens (including phenoxy) is 2. The Bertz CT molecular complexity index is 1550. The van der Waals surface area contributed by atoms with Gasteiger partial charge in [0.2, 0.25) is 0 Å². The molecule has 0 bridgehead atoms. The van der Waals surface area contributed by atoms with Crippen LogP contribution in [0.15, 0.2) is 91.0 Å². The van der Waals surface area contributed by atoms with Gasteiger partial charge in [-0.25, -0.2) is 4.79 Å². The molecule has 0 aliphatic heterocycles. The number of fused-ring (bicyclic) bond motifs is 2. The summed E-state index contributed by atoms with van der Waals surface area (Å²) in [6.45, 7) is 3.61. The number of nitrogens with zero attached hydrogens (tertiary/aromatic N) is 2. The Kier molecular flexibility index (Phi) is 7.82.